The minimum absolute atomic E-state index is 0.0221. The van der Waals surface area contributed by atoms with Crippen molar-refractivity contribution in [2.24, 2.45) is 7.05 Å². The molecule has 0 spiro atoms. The van der Waals surface area contributed by atoms with Crippen LogP contribution in [0.1, 0.15) is 18.8 Å². The summed E-state index contributed by atoms with van der Waals surface area (Å²) in [5.74, 6) is 2.38. The van der Waals surface area contributed by atoms with Crippen molar-refractivity contribution in [3.8, 4) is 11.4 Å². The van der Waals surface area contributed by atoms with Gasteiger partial charge >= 0.3 is 0 Å². The molecule has 120 valence electrons. The van der Waals surface area contributed by atoms with Crippen molar-refractivity contribution in [2.75, 3.05) is 5.32 Å². The Balaban J connectivity index is 1.80. The average molecular weight is 336 g/mol. The van der Waals surface area contributed by atoms with Gasteiger partial charge in [0.05, 0.1) is 11.6 Å². The number of nitrogens with one attached hydrogen (secondary N) is 1. The third-order valence-corrected chi connectivity index (χ3v) is 4.55. The van der Waals surface area contributed by atoms with Gasteiger partial charge in [0.1, 0.15) is 12.1 Å². The molecule has 0 aliphatic carbocycles. The third kappa shape index (κ3) is 2.63. The van der Waals surface area contributed by atoms with Crippen molar-refractivity contribution >= 4 is 28.1 Å². The Labute approximate surface area is 143 Å². The van der Waals surface area contributed by atoms with Crippen molar-refractivity contribution in [2.45, 2.75) is 13.0 Å². The van der Waals surface area contributed by atoms with E-state index in [-0.39, 0.29) is 6.04 Å². The second-order valence-electron chi connectivity index (χ2n) is 5.59. The molecule has 7 heteroatoms. The molecule has 0 amide bonds. The molecule has 0 saturated heterocycles. The highest BCUT2D eigenvalue weighted by Crippen LogP contribution is 2.28. The topological polar surface area (TPSA) is 68.5 Å². The Hall–Kier alpha value is -2.80. The van der Waals surface area contributed by atoms with Gasteiger partial charge in [-0.15, -0.1) is 10.2 Å². The van der Waals surface area contributed by atoms with Crippen LogP contribution in [0.2, 0.25) is 0 Å². The van der Waals surface area contributed by atoms with Gasteiger partial charge in [0.15, 0.2) is 11.6 Å². The molecule has 0 bridgehead atoms. The molecule has 0 aliphatic rings. The number of aromatic nitrogens is 5. The molecule has 0 aliphatic heterocycles. The van der Waals surface area contributed by atoms with E-state index in [1.165, 1.54) is 0 Å². The van der Waals surface area contributed by atoms with Gasteiger partial charge in [-0.1, -0.05) is 12.1 Å². The van der Waals surface area contributed by atoms with Crippen molar-refractivity contribution in [1.29, 1.82) is 0 Å². The average Bonchev–Trinajstić information content (AvgIpc) is 3.26. The molecule has 1 atom stereocenters. The van der Waals surface area contributed by atoms with Gasteiger partial charge in [-0.2, -0.15) is 11.3 Å². The molecule has 24 heavy (non-hydrogen) atoms. The molecular formula is C17H16N6S. The third-order valence-electron chi connectivity index (χ3n) is 3.87. The zero-order valence-corrected chi connectivity index (χ0v) is 14.2. The number of thiophene rings is 1. The Morgan fingerprint density at radius 2 is 2.04 bits per heavy atom. The SMILES string of the molecule is CC(Nc1nc(-c2ccsc2)nc2ccccc12)c1nncn1C. The largest absolute Gasteiger partial charge is 0.360 e. The maximum atomic E-state index is 4.75. The van der Waals surface area contributed by atoms with Gasteiger partial charge in [-0.25, -0.2) is 9.97 Å². The zero-order chi connectivity index (χ0) is 16.5. The fraction of sp³-hybridized carbons (Fsp3) is 0.176. The first kappa shape index (κ1) is 14.8. The number of fused-ring (bicyclic) bond motifs is 1. The molecule has 4 rings (SSSR count). The Kier molecular flexibility index (Phi) is 3.70. The lowest BCUT2D eigenvalue weighted by atomic mass is 10.2. The maximum absolute atomic E-state index is 4.75. The summed E-state index contributed by atoms with van der Waals surface area (Å²) in [5, 5.41) is 16.7. The van der Waals surface area contributed by atoms with Crippen LogP contribution in [0.4, 0.5) is 5.82 Å². The van der Waals surface area contributed by atoms with Crippen LogP contribution in [-0.2, 0) is 7.05 Å². The highest BCUT2D eigenvalue weighted by atomic mass is 32.1. The number of benzene rings is 1. The highest BCUT2D eigenvalue weighted by Gasteiger charge is 2.15. The fourth-order valence-corrected chi connectivity index (χ4v) is 3.30. The van der Waals surface area contributed by atoms with Crippen LogP contribution >= 0.6 is 11.3 Å². The standard InChI is InChI=1S/C17H16N6S/c1-11(17-22-18-10-23(17)2)19-16-13-5-3-4-6-14(13)20-15(21-16)12-7-8-24-9-12/h3-11H,1-2H3,(H,19,20,21). The van der Waals surface area contributed by atoms with E-state index in [2.05, 4.69) is 25.9 Å². The first-order valence-electron chi connectivity index (χ1n) is 7.62. The van der Waals surface area contributed by atoms with Crippen molar-refractivity contribution in [3.05, 3.63) is 53.2 Å². The highest BCUT2D eigenvalue weighted by molar-refractivity contribution is 7.08. The molecule has 0 fully saturated rings. The molecule has 0 radical (unpaired) electrons. The molecular weight excluding hydrogens is 320 g/mol. The van der Waals surface area contributed by atoms with E-state index in [1.54, 1.807) is 17.7 Å². The summed E-state index contributed by atoms with van der Waals surface area (Å²) in [6, 6.07) is 10.0. The summed E-state index contributed by atoms with van der Waals surface area (Å²) in [7, 11) is 1.93. The number of nitrogens with zero attached hydrogens (tertiary/aromatic N) is 5. The van der Waals surface area contributed by atoms with E-state index in [9.17, 15) is 0 Å². The number of rotatable bonds is 4. The second-order valence-corrected chi connectivity index (χ2v) is 6.37. The van der Waals surface area contributed by atoms with Gasteiger partial charge in [0.25, 0.3) is 0 Å². The van der Waals surface area contributed by atoms with Crippen molar-refractivity contribution in [3.63, 3.8) is 0 Å². The van der Waals surface area contributed by atoms with Crippen LogP contribution in [0, 0.1) is 0 Å². The van der Waals surface area contributed by atoms with E-state index < -0.39 is 0 Å². The summed E-state index contributed by atoms with van der Waals surface area (Å²) in [6.07, 6.45) is 1.70. The number of para-hydroxylation sites is 1. The number of anilines is 1. The van der Waals surface area contributed by atoms with Crippen molar-refractivity contribution < 1.29 is 0 Å². The first-order chi connectivity index (χ1) is 11.7. The molecule has 3 heterocycles. The van der Waals surface area contributed by atoms with Gasteiger partial charge in [0.2, 0.25) is 0 Å². The first-order valence-corrected chi connectivity index (χ1v) is 8.56. The predicted molar refractivity (Wildman–Crippen MR) is 95.9 cm³/mol. The van der Waals surface area contributed by atoms with Crippen LogP contribution < -0.4 is 5.32 Å². The monoisotopic (exact) mass is 336 g/mol. The summed E-state index contributed by atoms with van der Waals surface area (Å²) < 4.78 is 1.90. The lowest BCUT2D eigenvalue weighted by Crippen LogP contribution is -2.13. The summed E-state index contributed by atoms with van der Waals surface area (Å²) in [4.78, 5) is 9.44. The van der Waals surface area contributed by atoms with Gasteiger partial charge in [0, 0.05) is 23.4 Å². The van der Waals surface area contributed by atoms with Crippen LogP contribution in [0.25, 0.3) is 22.3 Å². The van der Waals surface area contributed by atoms with Crippen molar-refractivity contribution in [1.82, 2.24) is 24.7 Å². The van der Waals surface area contributed by atoms with Crippen LogP contribution in [0.15, 0.2) is 47.4 Å². The van der Waals surface area contributed by atoms with Crippen LogP contribution in [0.5, 0.6) is 0 Å². The predicted octanol–water partition coefficient (Wildman–Crippen LogP) is 3.66. The van der Waals surface area contributed by atoms with Crippen LogP contribution in [-0.4, -0.2) is 24.7 Å². The van der Waals surface area contributed by atoms with E-state index in [4.69, 9.17) is 4.98 Å². The van der Waals surface area contributed by atoms with Gasteiger partial charge < -0.3 is 9.88 Å². The van der Waals surface area contributed by atoms with E-state index in [0.29, 0.717) is 0 Å². The van der Waals surface area contributed by atoms with Crippen LogP contribution in [0.3, 0.4) is 0 Å². The molecule has 1 unspecified atom stereocenters. The smallest absolute Gasteiger partial charge is 0.162 e. The molecule has 0 saturated carbocycles. The lowest BCUT2D eigenvalue weighted by molar-refractivity contribution is 0.717. The minimum atomic E-state index is -0.0221. The van der Waals surface area contributed by atoms with Gasteiger partial charge in [-0.05, 0) is 30.5 Å². The maximum Gasteiger partial charge on any atom is 0.162 e. The van der Waals surface area contributed by atoms with E-state index in [1.807, 2.05) is 54.3 Å². The molecule has 3 aromatic heterocycles. The number of hydrogen-bond acceptors (Lipinski definition) is 6. The Morgan fingerprint density at radius 3 is 2.79 bits per heavy atom. The molecule has 1 aromatic carbocycles. The Bertz CT molecular complexity index is 976. The second kappa shape index (κ2) is 6.01. The fourth-order valence-electron chi connectivity index (χ4n) is 2.66. The summed E-state index contributed by atoms with van der Waals surface area (Å²) in [5.41, 5.74) is 1.95. The lowest BCUT2D eigenvalue weighted by Gasteiger charge is -2.16. The number of hydrogen-bond donors (Lipinski definition) is 1. The summed E-state index contributed by atoms with van der Waals surface area (Å²) in [6.45, 7) is 2.05. The van der Waals surface area contributed by atoms with Gasteiger partial charge in [-0.3, -0.25) is 0 Å². The van der Waals surface area contributed by atoms with E-state index in [0.717, 1.165) is 33.9 Å². The zero-order valence-electron chi connectivity index (χ0n) is 13.3. The Morgan fingerprint density at radius 1 is 1.17 bits per heavy atom. The summed E-state index contributed by atoms with van der Waals surface area (Å²) >= 11 is 1.64. The molecule has 4 aromatic rings. The van der Waals surface area contributed by atoms with E-state index >= 15 is 0 Å². The number of aryl methyl sites for hydroxylation is 1. The minimum Gasteiger partial charge on any atom is -0.360 e. The molecule has 6 nitrogen and oxygen atoms in total. The molecule has 1 N–H and O–H groups in total. The normalized spacial score (nSPS) is 12.4. The quantitative estimate of drug-likeness (QED) is 0.616.